The highest BCUT2D eigenvalue weighted by molar-refractivity contribution is 7.14. The van der Waals surface area contributed by atoms with E-state index in [1.807, 2.05) is 33.8 Å². The number of rotatable bonds is 6. The number of amides is 1. The van der Waals surface area contributed by atoms with Crippen molar-refractivity contribution in [3.63, 3.8) is 0 Å². The number of carbonyl (C=O) groups is 2. The topological polar surface area (TPSA) is 57.6 Å². The van der Waals surface area contributed by atoms with Gasteiger partial charge in [-0.3, -0.25) is 9.59 Å². The molecule has 0 fully saturated rings. The largest absolute Gasteiger partial charge is 0.481 e. The maximum atomic E-state index is 12.7. The molecular weight excluding hydrogens is 286 g/mol. The fourth-order valence-electron chi connectivity index (χ4n) is 2.22. The van der Waals surface area contributed by atoms with Crippen molar-refractivity contribution >= 4 is 23.2 Å². The van der Waals surface area contributed by atoms with Gasteiger partial charge in [0.1, 0.15) is 0 Å². The summed E-state index contributed by atoms with van der Waals surface area (Å²) in [5.41, 5.74) is 0.827. The third-order valence-corrected chi connectivity index (χ3v) is 4.44. The first-order valence-corrected chi connectivity index (χ1v) is 8.11. The molecule has 1 heterocycles. The van der Waals surface area contributed by atoms with Gasteiger partial charge in [0.15, 0.2) is 0 Å². The van der Waals surface area contributed by atoms with Crippen LogP contribution in [0.15, 0.2) is 6.07 Å². The third-order valence-electron chi connectivity index (χ3n) is 3.35. The average molecular weight is 311 g/mol. The van der Waals surface area contributed by atoms with E-state index in [0.717, 1.165) is 12.8 Å². The Morgan fingerprint density at radius 2 is 1.95 bits per heavy atom. The lowest BCUT2D eigenvalue weighted by Gasteiger charge is -2.35. The van der Waals surface area contributed by atoms with Crippen molar-refractivity contribution < 1.29 is 14.7 Å². The third kappa shape index (κ3) is 4.84. The second-order valence-corrected chi connectivity index (χ2v) is 7.47. The summed E-state index contributed by atoms with van der Waals surface area (Å²) < 4.78 is 0. The molecule has 118 valence electrons. The predicted octanol–water partition coefficient (Wildman–Crippen LogP) is 3.72. The van der Waals surface area contributed by atoms with E-state index in [2.05, 4.69) is 6.92 Å². The predicted molar refractivity (Wildman–Crippen MR) is 86.1 cm³/mol. The molecule has 1 aromatic rings. The van der Waals surface area contributed by atoms with Crippen molar-refractivity contribution in [3.8, 4) is 0 Å². The van der Waals surface area contributed by atoms with Crippen LogP contribution in [0.4, 0.5) is 0 Å². The first-order valence-electron chi connectivity index (χ1n) is 7.30. The minimum atomic E-state index is -0.883. The standard InChI is InChI=1S/C16H25NO3S/c1-6-7-12-10-13(21-11(12)2)15(20)17(16(3,4)5)9-8-14(18)19/h10H,6-9H2,1-5H3,(H,18,19). The van der Waals surface area contributed by atoms with Crippen LogP contribution in [0.1, 0.15) is 60.6 Å². The zero-order valence-corrected chi connectivity index (χ0v) is 14.3. The summed E-state index contributed by atoms with van der Waals surface area (Å²) >= 11 is 1.50. The van der Waals surface area contributed by atoms with Crippen LogP contribution in [0.5, 0.6) is 0 Å². The summed E-state index contributed by atoms with van der Waals surface area (Å²) in [5, 5.41) is 8.86. The number of carbonyl (C=O) groups excluding carboxylic acids is 1. The number of nitrogens with zero attached hydrogens (tertiary/aromatic N) is 1. The summed E-state index contributed by atoms with van der Waals surface area (Å²) in [5.74, 6) is -0.953. The monoisotopic (exact) mass is 311 g/mol. The van der Waals surface area contributed by atoms with Crippen molar-refractivity contribution in [2.45, 2.75) is 59.4 Å². The molecule has 0 saturated heterocycles. The Bertz CT molecular complexity index is 514. The van der Waals surface area contributed by atoms with Crippen LogP contribution in [0.3, 0.4) is 0 Å². The lowest BCUT2D eigenvalue weighted by atomic mass is 10.0. The number of thiophene rings is 1. The second-order valence-electron chi connectivity index (χ2n) is 6.21. The Labute approximate surface area is 130 Å². The Balaban J connectivity index is 2.99. The molecule has 0 spiro atoms. The molecule has 0 atom stereocenters. The Morgan fingerprint density at radius 3 is 2.43 bits per heavy atom. The van der Waals surface area contributed by atoms with E-state index >= 15 is 0 Å². The molecule has 0 unspecified atom stereocenters. The van der Waals surface area contributed by atoms with Gasteiger partial charge >= 0.3 is 5.97 Å². The van der Waals surface area contributed by atoms with E-state index in [-0.39, 0.29) is 18.9 Å². The first-order chi connectivity index (χ1) is 9.66. The second kappa shape index (κ2) is 7.07. The normalized spacial score (nSPS) is 11.5. The Hall–Kier alpha value is -1.36. The molecule has 5 heteroatoms. The minimum Gasteiger partial charge on any atom is -0.481 e. The van der Waals surface area contributed by atoms with Crippen LogP contribution in [0.2, 0.25) is 0 Å². The van der Waals surface area contributed by atoms with Crippen LogP contribution in [-0.2, 0) is 11.2 Å². The van der Waals surface area contributed by atoms with Gasteiger partial charge in [0.25, 0.3) is 5.91 Å². The molecule has 0 saturated carbocycles. The van der Waals surface area contributed by atoms with Gasteiger partial charge < -0.3 is 10.0 Å². The van der Waals surface area contributed by atoms with E-state index < -0.39 is 11.5 Å². The highest BCUT2D eigenvalue weighted by Crippen LogP contribution is 2.26. The molecule has 0 aliphatic heterocycles. The molecule has 0 radical (unpaired) electrons. The van der Waals surface area contributed by atoms with E-state index in [4.69, 9.17) is 5.11 Å². The SMILES string of the molecule is CCCc1cc(C(=O)N(CCC(=O)O)C(C)(C)C)sc1C. The van der Waals surface area contributed by atoms with Crippen molar-refractivity contribution in [1.29, 1.82) is 0 Å². The maximum absolute atomic E-state index is 12.7. The lowest BCUT2D eigenvalue weighted by molar-refractivity contribution is -0.137. The van der Waals surface area contributed by atoms with E-state index in [1.165, 1.54) is 21.8 Å². The molecule has 0 bridgehead atoms. The van der Waals surface area contributed by atoms with Crippen LogP contribution in [0, 0.1) is 6.92 Å². The zero-order valence-electron chi connectivity index (χ0n) is 13.5. The van der Waals surface area contributed by atoms with Crippen molar-refractivity contribution in [1.82, 2.24) is 4.90 Å². The number of aryl methyl sites for hydroxylation is 2. The molecule has 0 aliphatic rings. The van der Waals surface area contributed by atoms with E-state index in [9.17, 15) is 9.59 Å². The summed E-state index contributed by atoms with van der Waals surface area (Å²) in [6.07, 6.45) is 1.99. The number of aliphatic carboxylic acids is 1. The van der Waals surface area contributed by atoms with Gasteiger partial charge in [-0.1, -0.05) is 13.3 Å². The van der Waals surface area contributed by atoms with E-state index in [1.54, 1.807) is 4.90 Å². The van der Waals surface area contributed by atoms with Gasteiger partial charge in [-0.05, 0) is 45.7 Å². The van der Waals surface area contributed by atoms with Crippen LogP contribution in [-0.4, -0.2) is 34.0 Å². The van der Waals surface area contributed by atoms with Gasteiger partial charge in [0, 0.05) is 17.0 Å². The molecule has 21 heavy (non-hydrogen) atoms. The molecular formula is C16H25NO3S. The van der Waals surface area contributed by atoms with Crippen molar-refractivity contribution in [2.24, 2.45) is 0 Å². The fraction of sp³-hybridized carbons (Fsp3) is 0.625. The molecule has 4 nitrogen and oxygen atoms in total. The summed E-state index contributed by atoms with van der Waals surface area (Å²) in [4.78, 5) is 27.0. The van der Waals surface area contributed by atoms with Crippen LogP contribution < -0.4 is 0 Å². The lowest BCUT2D eigenvalue weighted by Crippen LogP contribution is -2.46. The summed E-state index contributed by atoms with van der Waals surface area (Å²) in [7, 11) is 0. The first kappa shape index (κ1) is 17.7. The van der Waals surface area contributed by atoms with Gasteiger partial charge in [-0.2, -0.15) is 0 Å². The number of carboxylic acid groups (broad SMARTS) is 1. The highest BCUT2D eigenvalue weighted by Gasteiger charge is 2.29. The molecule has 0 aliphatic carbocycles. The van der Waals surface area contributed by atoms with Crippen molar-refractivity contribution in [2.75, 3.05) is 6.54 Å². The summed E-state index contributed by atoms with van der Waals surface area (Å²) in [6, 6.07) is 1.96. The number of hydrogen-bond donors (Lipinski definition) is 1. The maximum Gasteiger partial charge on any atom is 0.305 e. The highest BCUT2D eigenvalue weighted by atomic mass is 32.1. The summed E-state index contributed by atoms with van der Waals surface area (Å²) in [6.45, 7) is 10.2. The van der Waals surface area contributed by atoms with Gasteiger partial charge in [0.05, 0.1) is 11.3 Å². The number of carboxylic acids is 1. The molecule has 1 N–H and O–H groups in total. The molecule has 1 aromatic heterocycles. The van der Waals surface area contributed by atoms with E-state index in [0.29, 0.717) is 4.88 Å². The fourth-order valence-corrected chi connectivity index (χ4v) is 3.25. The van der Waals surface area contributed by atoms with Crippen molar-refractivity contribution in [3.05, 3.63) is 21.4 Å². The zero-order chi connectivity index (χ0) is 16.2. The Morgan fingerprint density at radius 1 is 1.33 bits per heavy atom. The molecule has 1 amide bonds. The Kier molecular flexibility index (Phi) is 5.96. The smallest absolute Gasteiger partial charge is 0.305 e. The van der Waals surface area contributed by atoms with Crippen LogP contribution >= 0.6 is 11.3 Å². The van der Waals surface area contributed by atoms with Gasteiger partial charge in [-0.25, -0.2) is 0 Å². The van der Waals surface area contributed by atoms with Gasteiger partial charge in [-0.15, -0.1) is 11.3 Å². The average Bonchev–Trinajstić information content (AvgIpc) is 2.69. The van der Waals surface area contributed by atoms with Crippen LogP contribution in [0.25, 0.3) is 0 Å². The number of hydrogen-bond acceptors (Lipinski definition) is 3. The molecule has 1 rings (SSSR count). The van der Waals surface area contributed by atoms with Gasteiger partial charge in [0.2, 0.25) is 0 Å². The minimum absolute atomic E-state index is 0.0326. The quantitative estimate of drug-likeness (QED) is 0.871. The molecule has 0 aromatic carbocycles.